The van der Waals surface area contributed by atoms with Crippen molar-refractivity contribution in [2.24, 2.45) is 0 Å². The van der Waals surface area contributed by atoms with Crippen LogP contribution >= 0.6 is 45.8 Å². The summed E-state index contributed by atoms with van der Waals surface area (Å²) in [6, 6.07) is 12.1. The van der Waals surface area contributed by atoms with Gasteiger partial charge in [-0.3, -0.25) is 4.57 Å². The first-order valence-electron chi connectivity index (χ1n) is 6.60. The number of hydrogen-bond acceptors (Lipinski definition) is 1. The number of para-hydroxylation sites is 1. The van der Waals surface area contributed by atoms with E-state index in [1.54, 1.807) is 0 Å². The van der Waals surface area contributed by atoms with Crippen molar-refractivity contribution in [1.29, 1.82) is 0 Å². The Labute approximate surface area is 147 Å². The Morgan fingerprint density at radius 1 is 1.24 bits per heavy atom. The Morgan fingerprint density at radius 3 is 2.76 bits per heavy atom. The van der Waals surface area contributed by atoms with Gasteiger partial charge in [0.25, 0.3) is 0 Å². The zero-order valence-corrected chi connectivity index (χ0v) is 15.1. The van der Waals surface area contributed by atoms with Crippen LogP contribution in [0.1, 0.15) is 11.4 Å². The number of aryl methyl sites for hydroxylation is 2. The van der Waals surface area contributed by atoms with Gasteiger partial charge >= 0.3 is 0 Å². The van der Waals surface area contributed by atoms with Crippen LogP contribution in [0.4, 0.5) is 0 Å². The minimum absolute atomic E-state index is 0.548. The number of nitrogens with zero attached hydrogens (tertiary/aromatic N) is 2. The summed E-state index contributed by atoms with van der Waals surface area (Å²) in [6.45, 7) is 2.08. The molecule has 21 heavy (non-hydrogen) atoms. The van der Waals surface area contributed by atoms with Crippen molar-refractivity contribution >= 4 is 56.8 Å². The lowest BCUT2D eigenvalue weighted by Gasteiger charge is -2.11. The van der Waals surface area contributed by atoms with E-state index in [0.717, 1.165) is 37.6 Å². The highest BCUT2D eigenvalue weighted by Crippen LogP contribution is 2.28. The molecule has 0 spiro atoms. The first-order valence-corrected chi connectivity index (χ1v) is 8.59. The van der Waals surface area contributed by atoms with E-state index in [2.05, 4.69) is 52.3 Å². The van der Waals surface area contributed by atoms with Crippen LogP contribution in [0.25, 0.3) is 16.7 Å². The largest absolute Gasteiger partial charge is 0.295 e. The van der Waals surface area contributed by atoms with Crippen LogP contribution in [-0.2, 0) is 6.42 Å². The van der Waals surface area contributed by atoms with Gasteiger partial charge in [0.1, 0.15) is 5.82 Å². The van der Waals surface area contributed by atoms with Crippen LogP contribution < -0.4 is 0 Å². The van der Waals surface area contributed by atoms with Gasteiger partial charge in [-0.25, -0.2) is 4.98 Å². The first kappa shape index (κ1) is 15.1. The number of aromatic nitrogens is 2. The molecule has 0 aliphatic carbocycles. The first-order chi connectivity index (χ1) is 10.1. The fourth-order valence-corrected chi connectivity index (χ4v) is 3.75. The molecule has 2 aromatic carbocycles. The standard InChI is InChI=1S/C16H13Cl2IN2/c1-10-3-2-4-14-16(10)20-15(7-8-17)21(14)13-6-5-11(18)9-12(13)19/h2-6,9H,7-8H2,1H3. The van der Waals surface area contributed by atoms with E-state index >= 15 is 0 Å². The zero-order chi connectivity index (χ0) is 15.0. The van der Waals surface area contributed by atoms with E-state index in [-0.39, 0.29) is 0 Å². The number of fused-ring (bicyclic) bond motifs is 1. The summed E-state index contributed by atoms with van der Waals surface area (Å²) in [5.74, 6) is 1.53. The molecule has 2 nitrogen and oxygen atoms in total. The smallest absolute Gasteiger partial charge is 0.115 e. The van der Waals surface area contributed by atoms with Gasteiger partial charge in [0.05, 0.1) is 16.7 Å². The Morgan fingerprint density at radius 2 is 2.05 bits per heavy atom. The average molecular weight is 431 g/mol. The van der Waals surface area contributed by atoms with Gasteiger partial charge < -0.3 is 0 Å². The molecule has 5 heteroatoms. The Bertz CT molecular complexity index is 811. The maximum atomic E-state index is 6.07. The maximum Gasteiger partial charge on any atom is 0.115 e. The molecule has 0 atom stereocenters. The van der Waals surface area contributed by atoms with E-state index in [4.69, 9.17) is 28.2 Å². The van der Waals surface area contributed by atoms with Crippen LogP contribution in [0.3, 0.4) is 0 Å². The normalized spacial score (nSPS) is 11.2. The molecule has 0 saturated heterocycles. The molecule has 1 heterocycles. The molecule has 0 radical (unpaired) electrons. The minimum Gasteiger partial charge on any atom is -0.295 e. The molecular weight excluding hydrogens is 418 g/mol. The van der Waals surface area contributed by atoms with E-state index in [1.165, 1.54) is 5.56 Å². The third kappa shape index (κ3) is 2.79. The second-order valence-electron chi connectivity index (χ2n) is 4.84. The maximum absolute atomic E-state index is 6.07. The molecule has 0 N–H and O–H groups in total. The third-order valence-corrected chi connectivity index (χ3v) is 4.71. The third-order valence-electron chi connectivity index (χ3n) is 3.43. The molecule has 108 valence electrons. The van der Waals surface area contributed by atoms with Crippen LogP contribution in [0.2, 0.25) is 5.02 Å². The highest BCUT2D eigenvalue weighted by Gasteiger charge is 2.15. The molecule has 0 aliphatic heterocycles. The zero-order valence-electron chi connectivity index (χ0n) is 11.4. The SMILES string of the molecule is Cc1cccc2c1nc(CCCl)n2-c1ccc(Cl)cc1I. The molecular formula is C16H13Cl2IN2. The molecule has 0 aliphatic rings. The number of benzene rings is 2. The van der Waals surface area contributed by atoms with Crippen molar-refractivity contribution in [1.82, 2.24) is 9.55 Å². The predicted molar refractivity (Wildman–Crippen MR) is 98.0 cm³/mol. The summed E-state index contributed by atoms with van der Waals surface area (Å²) in [5.41, 5.74) is 4.40. The number of hydrogen-bond donors (Lipinski definition) is 0. The van der Waals surface area contributed by atoms with Crippen molar-refractivity contribution in [2.75, 3.05) is 5.88 Å². The highest BCUT2D eigenvalue weighted by atomic mass is 127. The van der Waals surface area contributed by atoms with Gasteiger partial charge in [-0.05, 0) is 59.3 Å². The summed E-state index contributed by atoms with van der Waals surface area (Å²) in [4.78, 5) is 4.78. The highest BCUT2D eigenvalue weighted by molar-refractivity contribution is 14.1. The number of rotatable bonds is 3. The summed E-state index contributed by atoms with van der Waals surface area (Å²) in [6.07, 6.45) is 0.731. The lowest BCUT2D eigenvalue weighted by Crippen LogP contribution is -2.04. The molecule has 3 rings (SSSR count). The van der Waals surface area contributed by atoms with Crippen LogP contribution in [0, 0.1) is 10.5 Å². The summed E-state index contributed by atoms with van der Waals surface area (Å²) in [7, 11) is 0. The predicted octanol–water partition coefficient (Wildman–Crippen LogP) is 5.37. The van der Waals surface area contributed by atoms with Crippen molar-refractivity contribution < 1.29 is 0 Å². The minimum atomic E-state index is 0.548. The number of alkyl halides is 1. The Kier molecular flexibility index (Phi) is 4.43. The quantitative estimate of drug-likeness (QED) is 0.403. The van der Waals surface area contributed by atoms with Crippen LogP contribution in [-0.4, -0.2) is 15.4 Å². The van der Waals surface area contributed by atoms with E-state index in [1.807, 2.05) is 18.2 Å². The summed E-state index contributed by atoms with van der Waals surface area (Å²) in [5, 5.41) is 0.739. The van der Waals surface area contributed by atoms with Gasteiger partial charge in [0, 0.05) is 20.9 Å². The second kappa shape index (κ2) is 6.15. The fourth-order valence-electron chi connectivity index (χ4n) is 2.47. The van der Waals surface area contributed by atoms with Gasteiger partial charge in [-0.2, -0.15) is 0 Å². The van der Waals surface area contributed by atoms with Gasteiger partial charge in [-0.15, -0.1) is 11.6 Å². The lowest BCUT2D eigenvalue weighted by molar-refractivity contribution is 0.909. The van der Waals surface area contributed by atoms with Crippen LogP contribution in [0.5, 0.6) is 0 Å². The van der Waals surface area contributed by atoms with Gasteiger partial charge in [-0.1, -0.05) is 23.7 Å². The molecule has 0 bridgehead atoms. The number of imidazole rings is 1. The molecule has 3 aromatic rings. The van der Waals surface area contributed by atoms with Crippen molar-refractivity contribution in [3.05, 3.63) is 56.4 Å². The molecule has 0 fully saturated rings. The van der Waals surface area contributed by atoms with Gasteiger partial charge in [0.15, 0.2) is 0 Å². The second-order valence-corrected chi connectivity index (χ2v) is 6.82. The topological polar surface area (TPSA) is 17.8 Å². The monoisotopic (exact) mass is 430 g/mol. The van der Waals surface area contributed by atoms with E-state index < -0.39 is 0 Å². The Balaban J connectivity index is 2.33. The lowest BCUT2D eigenvalue weighted by atomic mass is 10.2. The van der Waals surface area contributed by atoms with Crippen molar-refractivity contribution in [3.8, 4) is 5.69 Å². The number of halogens is 3. The van der Waals surface area contributed by atoms with Crippen molar-refractivity contribution in [2.45, 2.75) is 13.3 Å². The molecule has 0 saturated carbocycles. The van der Waals surface area contributed by atoms with Crippen molar-refractivity contribution in [3.63, 3.8) is 0 Å². The fraction of sp³-hybridized carbons (Fsp3) is 0.188. The Hall–Kier alpha value is -0.780. The molecule has 1 aromatic heterocycles. The van der Waals surface area contributed by atoms with Gasteiger partial charge in [0.2, 0.25) is 0 Å². The van der Waals surface area contributed by atoms with E-state index in [0.29, 0.717) is 5.88 Å². The molecule has 0 amide bonds. The molecule has 0 unspecified atom stereocenters. The summed E-state index contributed by atoms with van der Waals surface area (Å²) >= 11 is 14.3. The summed E-state index contributed by atoms with van der Waals surface area (Å²) < 4.78 is 3.28. The van der Waals surface area contributed by atoms with Crippen LogP contribution in [0.15, 0.2) is 36.4 Å². The average Bonchev–Trinajstić information content (AvgIpc) is 2.79. The van der Waals surface area contributed by atoms with E-state index in [9.17, 15) is 0 Å².